The van der Waals surface area contributed by atoms with E-state index in [2.05, 4.69) is 34.1 Å². The fraction of sp³-hybridized carbons (Fsp3) is 0.231. The predicted molar refractivity (Wildman–Crippen MR) is 125 cm³/mol. The molecule has 4 rings (SSSR count). The first-order valence-corrected chi connectivity index (χ1v) is 10.3. The molecular formula is C26H25N5. The summed E-state index contributed by atoms with van der Waals surface area (Å²) in [7, 11) is 0. The molecule has 5 heteroatoms. The van der Waals surface area contributed by atoms with Gasteiger partial charge in [0.05, 0.1) is 28.6 Å². The van der Waals surface area contributed by atoms with Crippen molar-refractivity contribution < 1.29 is 0 Å². The van der Waals surface area contributed by atoms with Gasteiger partial charge < -0.3 is 4.90 Å². The molecule has 3 heterocycles. The van der Waals surface area contributed by atoms with Crippen LogP contribution in [0, 0.1) is 11.3 Å². The number of rotatable bonds is 6. The Balaban J connectivity index is 1.55. The Kier molecular flexibility index (Phi) is 5.39. The summed E-state index contributed by atoms with van der Waals surface area (Å²) in [6.45, 7) is 13.2. The number of aromatic nitrogens is 3. The molecule has 0 aliphatic carbocycles. The van der Waals surface area contributed by atoms with Crippen LogP contribution in [0.5, 0.6) is 0 Å². The summed E-state index contributed by atoms with van der Waals surface area (Å²) in [4.78, 5) is 16.2. The number of nitriles is 1. The summed E-state index contributed by atoms with van der Waals surface area (Å²) in [5.41, 5.74) is 5.21. The standard InChI is InChI=1S/C26H25N5/c1-5-18-9-12-23(30-22(18)6-2)31-15-20(16-31)25-24(28-13-14-29-25)19-7-10-21(11-8-19)26(3,4)17-27/h5-14,20H,1-2,15-16H2,3-4H3. The normalized spacial score (nSPS) is 13.9. The largest absolute Gasteiger partial charge is 0.355 e. The molecule has 1 aromatic carbocycles. The Morgan fingerprint density at radius 1 is 1.03 bits per heavy atom. The Hall–Kier alpha value is -3.78. The molecule has 31 heavy (non-hydrogen) atoms. The van der Waals surface area contributed by atoms with Crippen molar-refractivity contribution in [1.29, 1.82) is 5.26 Å². The first-order valence-electron chi connectivity index (χ1n) is 10.3. The number of pyridine rings is 1. The zero-order valence-electron chi connectivity index (χ0n) is 17.9. The first kappa shape index (κ1) is 20.5. The topological polar surface area (TPSA) is 65.7 Å². The molecule has 3 aromatic rings. The maximum atomic E-state index is 9.38. The minimum absolute atomic E-state index is 0.284. The van der Waals surface area contributed by atoms with Gasteiger partial charge in [0, 0.05) is 37.0 Å². The second kappa shape index (κ2) is 8.16. The molecule has 0 N–H and O–H groups in total. The van der Waals surface area contributed by atoms with E-state index in [1.165, 1.54) is 0 Å². The molecule has 0 amide bonds. The number of nitrogens with zero attached hydrogens (tertiary/aromatic N) is 5. The van der Waals surface area contributed by atoms with Crippen molar-refractivity contribution in [3.05, 3.63) is 84.5 Å². The van der Waals surface area contributed by atoms with Crippen LogP contribution in [0.3, 0.4) is 0 Å². The molecule has 0 saturated carbocycles. The number of benzene rings is 1. The van der Waals surface area contributed by atoms with Gasteiger partial charge in [-0.05, 0) is 43.2 Å². The lowest BCUT2D eigenvalue weighted by Gasteiger charge is -2.40. The summed E-state index contributed by atoms with van der Waals surface area (Å²) in [6, 6.07) is 14.5. The average Bonchev–Trinajstić information content (AvgIpc) is 2.78. The van der Waals surface area contributed by atoms with E-state index in [1.807, 2.05) is 50.2 Å². The zero-order chi connectivity index (χ0) is 22.0. The van der Waals surface area contributed by atoms with Gasteiger partial charge in [-0.2, -0.15) is 5.26 Å². The lowest BCUT2D eigenvalue weighted by atomic mass is 9.85. The van der Waals surface area contributed by atoms with Gasteiger partial charge in [-0.25, -0.2) is 4.98 Å². The van der Waals surface area contributed by atoms with Crippen LogP contribution in [0.1, 0.15) is 42.3 Å². The van der Waals surface area contributed by atoms with Crippen molar-refractivity contribution in [3.63, 3.8) is 0 Å². The van der Waals surface area contributed by atoms with Gasteiger partial charge in [-0.15, -0.1) is 0 Å². The van der Waals surface area contributed by atoms with Crippen molar-refractivity contribution >= 4 is 18.0 Å². The third kappa shape index (κ3) is 3.85. The van der Waals surface area contributed by atoms with E-state index in [0.29, 0.717) is 0 Å². The van der Waals surface area contributed by atoms with Crippen molar-refractivity contribution in [1.82, 2.24) is 15.0 Å². The second-order valence-corrected chi connectivity index (χ2v) is 8.26. The molecule has 0 bridgehead atoms. The molecule has 1 fully saturated rings. The van der Waals surface area contributed by atoms with Crippen molar-refractivity contribution in [2.24, 2.45) is 0 Å². The summed E-state index contributed by atoms with van der Waals surface area (Å²) in [5, 5.41) is 9.38. The molecule has 0 unspecified atom stereocenters. The molecule has 5 nitrogen and oxygen atoms in total. The highest BCUT2D eigenvalue weighted by Crippen LogP contribution is 2.35. The van der Waals surface area contributed by atoms with Gasteiger partial charge in [0.2, 0.25) is 0 Å². The van der Waals surface area contributed by atoms with Crippen LogP contribution in [0.2, 0.25) is 0 Å². The molecule has 1 aliphatic rings. The number of hydrogen-bond donors (Lipinski definition) is 0. The maximum absolute atomic E-state index is 9.38. The van der Waals surface area contributed by atoms with E-state index in [9.17, 15) is 5.26 Å². The fourth-order valence-electron chi connectivity index (χ4n) is 3.81. The van der Waals surface area contributed by atoms with E-state index in [0.717, 1.165) is 52.7 Å². The second-order valence-electron chi connectivity index (χ2n) is 8.26. The predicted octanol–water partition coefficient (Wildman–Crippen LogP) is 5.23. The van der Waals surface area contributed by atoms with Crippen LogP contribution >= 0.6 is 0 Å². The fourth-order valence-corrected chi connectivity index (χ4v) is 3.81. The van der Waals surface area contributed by atoms with E-state index in [4.69, 9.17) is 4.98 Å². The van der Waals surface area contributed by atoms with Gasteiger partial charge >= 0.3 is 0 Å². The Morgan fingerprint density at radius 2 is 1.74 bits per heavy atom. The molecule has 2 aromatic heterocycles. The van der Waals surface area contributed by atoms with Gasteiger partial charge in [0.15, 0.2) is 0 Å². The first-order chi connectivity index (χ1) is 15.0. The molecule has 0 spiro atoms. The third-order valence-corrected chi connectivity index (χ3v) is 5.83. The van der Waals surface area contributed by atoms with E-state index in [-0.39, 0.29) is 5.92 Å². The quantitative estimate of drug-likeness (QED) is 0.560. The van der Waals surface area contributed by atoms with Crippen LogP contribution in [-0.4, -0.2) is 28.0 Å². The van der Waals surface area contributed by atoms with Crippen LogP contribution in [0.4, 0.5) is 5.82 Å². The molecule has 1 aliphatic heterocycles. The smallest absolute Gasteiger partial charge is 0.129 e. The molecule has 154 valence electrons. The lowest BCUT2D eigenvalue weighted by molar-refractivity contribution is 0.508. The minimum Gasteiger partial charge on any atom is -0.355 e. The van der Waals surface area contributed by atoms with Crippen molar-refractivity contribution in [3.8, 4) is 17.3 Å². The lowest BCUT2D eigenvalue weighted by Crippen LogP contribution is -2.46. The average molecular weight is 408 g/mol. The van der Waals surface area contributed by atoms with Crippen molar-refractivity contribution in [2.45, 2.75) is 25.2 Å². The van der Waals surface area contributed by atoms with Gasteiger partial charge in [-0.3, -0.25) is 9.97 Å². The van der Waals surface area contributed by atoms with E-state index < -0.39 is 5.41 Å². The van der Waals surface area contributed by atoms with E-state index in [1.54, 1.807) is 24.5 Å². The molecular weight excluding hydrogens is 382 g/mol. The monoisotopic (exact) mass is 407 g/mol. The number of anilines is 1. The van der Waals surface area contributed by atoms with Gasteiger partial charge in [0.25, 0.3) is 0 Å². The summed E-state index contributed by atoms with van der Waals surface area (Å²) in [6.07, 6.45) is 7.04. The minimum atomic E-state index is -0.517. The van der Waals surface area contributed by atoms with Gasteiger partial charge in [0.1, 0.15) is 5.82 Å². The van der Waals surface area contributed by atoms with Crippen LogP contribution < -0.4 is 4.90 Å². The molecule has 0 radical (unpaired) electrons. The zero-order valence-corrected chi connectivity index (χ0v) is 17.9. The maximum Gasteiger partial charge on any atom is 0.129 e. The highest BCUT2D eigenvalue weighted by atomic mass is 15.2. The Bertz CT molecular complexity index is 1170. The van der Waals surface area contributed by atoms with Crippen molar-refractivity contribution in [2.75, 3.05) is 18.0 Å². The number of hydrogen-bond acceptors (Lipinski definition) is 5. The van der Waals surface area contributed by atoms with Crippen LogP contribution in [0.25, 0.3) is 23.4 Å². The Morgan fingerprint density at radius 3 is 2.39 bits per heavy atom. The molecule has 0 atom stereocenters. The van der Waals surface area contributed by atoms with Crippen LogP contribution in [-0.2, 0) is 5.41 Å². The summed E-state index contributed by atoms with van der Waals surface area (Å²) >= 11 is 0. The summed E-state index contributed by atoms with van der Waals surface area (Å²) in [5.74, 6) is 1.22. The molecule has 1 saturated heterocycles. The van der Waals surface area contributed by atoms with Gasteiger partial charge in [-0.1, -0.05) is 43.5 Å². The Labute approximate surface area is 183 Å². The third-order valence-electron chi connectivity index (χ3n) is 5.83. The van der Waals surface area contributed by atoms with Crippen LogP contribution in [0.15, 0.2) is 61.9 Å². The highest BCUT2D eigenvalue weighted by molar-refractivity contribution is 5.66. The SMILES string of the molecule is C=Cc1ccc(N2CC(c3nccnc3-c3ccc(C(C)(C)C#N)cc3)C2)nc1C=C. The van der Waals surface area contributed by atoms with E-state index >= 15 is 0 Å². The summed E-state index contributed by atoms with van der Waals surface area (Å²) < 4.78 is 0. The highest BCUT2D eigenvalue weighted by Gasteiger charge is 2.32.